The van der Waals surface area contributed by atoms with Gasteiger partial charge in [-0.3, -0.25) is 4.79 Å². The fourth-order valence-corrected chi connectivity index (χ4v) is 0.756. The van der Waals surface area contributed by atoms with Crippen molar-refractivity contribution in [3.8, 4) is 0 Å². The van der Waals surface area contributed by atoms with Gasteiger partial charge in [0.25, 0.3) is 0 Å². The molecule has 0 aromatic carbocycles. The zero-order chi connectivity index (χ0) is 10.4. The summed E-state index contributed by atoms with van der Waals surface area (Å²) in [4.78, 5) is 30.7. The maximum Gasteiger partial charge on any atom is 0.217 e. The van der Waals surface area contributed by atoms with Crippen LogP contribution in [0.4, 0.5) is 0 Å². The lowest BCUT2D eigenvalue weighted by Gasteiger charge is -2.18. The third kappa shape index (κ3) is 7.08. The molecule has 0 aliphatic carbocycles. The molecule has 0 spiro atoms. The third-order valence-electron chi connectivity index (χ3n) is 1.30. The number of carbonyl (C=O) groups excluding carboxylic acids is 3. The molecule has 0 bridgehead atoms. The minimum Gasteiger partial charge on any atom is -0.550 e. The van der Waals surface area contributed by atoms with Crippen molar-refractivity contribution < 1.29 is 24.6 Å². The second-order valence-electron chi connectivity index (χ2n) is 2.48. The van der Waals surface area contributed by atoms with Gasteiger partial charge in [-0.15, -0.1) is 0 Å². The summed E-state index contributed by atoms with van der Waals surface area (Å²) < 4.78 is 0. The molecule has 0 aliphatic heterocycles. The SMILES string of the molecule is C.CC(=O)NC(CCC(=O)[O-])C(=O)[O-]. The Morgan fingerprint density at radius 2 is 1.79 bits per heavy atom. The zero-order valence-electron chi connectivity index (χ0n) is 7.03. The molecule has 0 heterocycles. The molecule has 1 unspecified atom stereocenters. The maximum atomic E-state index is 10.4. The van der Waals surface area contributed by atoms with Crippen molar-refractivity contribution in [3.63, 3.8) is 0 Å². The molecule has 0 radical (unpaired) electrons. The fourth-order valence-electron chi connectivity index (χ4n) is 0.756. The van der Waals surface area contributed by atoms with E-state index in [0.717, 1.165) is 6.92 Å². The fraction of sp³-hybridized carbons (Fsp3) is 0.625. The number of nitrogens with one attached hydrogen (secondary N) is 1. The molecule has 14 heavy (non-hydrogen) atoms. The van der Waals surface area contributed by atoms with Crippen LogP contribution < -0.4 is 15.5 Å². The lowest BCUT2D eigenvalue weighted by Crippen LogP contribution is -2.47. The average molecular weight is 203 g/mol. The van der Waals surface area contributed by atoms with Gasteiger partial charge in [0.1, 0.15) is 0 Å². The summed E-state index contributed by atoms with van der Waals surface area (Å²) in [6, 6.07) is -1.27. The lowest BCUT2D eigenvalue weighted by atomic mass is 10.1. The molecule has 0 aliphatic rings. The van der Waals surface area contributed by atoms with Gasteiger partial charge in [-0.05, 0) is 12.8 Å². The van der Waals surface area contributed by atoms with Gasteiger partial charge >= 0.3 is 0 Å². The Balaban J connectivity index is 0. The monoisotopic (exact) mass is 203 g/mol. The van der Waals surface area contributed by atoms with Crippen molar-refractivity contribution in [2.75, 3.05) is 0 Å². The van der Waals surface area contributed by atoms with Gasteiger partial charge in [-0.1, -0.05) is 7.43 Å². The minimum absolute atomic E-state index is 0. The molecule has 1 atom stereocenters. The molecular weight excluding hydrogens is 190 g/mol. The van der Waals surface area contributed by atoms with E-state index >= 15 is 0 Å². The Hall–Kier alpha value is -1.59. The van der Waals surface area contributed by atoms with E-state index in [9.17, 15) is 24.6 Å². The highest BCUT2D eigenvalue weighted by atomic mass is 16.4. The first kappa shape index (κ1) is 14.9. The first-order valence-corrected chi connectivity index (χ1v) is 3.61. The van der Waals surface area contributed by atoms with Gasteiger partial charge in [-0.25, -0.2) is 0 Å². The van der Waals surface area contributed by atoms with Crippen LogP contribution in [-0.2, 0) is 14.4 Å². The van der Waals surface area contributed by atoms with Crippen LogP contribution in [0.15, 0.2) is 0 Å². The highest BCUT2D eigenvalue weighted by Gasteiger charge is 2.10. The number of carboxylic acids is 2. The van der Waals surface area contributed by atoms with Gasteiger partial charge in [-0.2, -0.15) is 0 Å². The lowest BCUT2D eigenvalue weighted by molar-refractivity contribution is -0.310. The van der Waals surface area contributed by atoms with Crippen molar-refractivity contribution in [1.82, 2.24) is 5.32 Å². The summed E-state index contributed by atoms with van der Waals surface area (Å²) in [5, 5.41) is 22.3. The molecule has 6 heteroatoms. The Morgan fingerprint density at radius 3 is 2.07 bits per heavy atom. The zero-order valence-corrected chi connectivity index (χ0v) is 7.03. The van der Waals surface area contributed by atoms with Crippen LogP contribution >= 0.6 is 0 Å². The largest absolute Gasteiger partial charge is 0.550 e. The predicted octanol–water partition coefficient (Wildman–Crippen LogP) is -2.59. The first-order valence-electron chi connectivity index (χ1n) is 3.61. The van der Waals surface area contributed by atoms with Gasteiger partial charge < -0.3 is 25.1 Å². The summed E-state index contributed by atoms with van der Waals surface area (Å²) in [5.74, 6) is -3.42. The molecule has 1 amide bonds. The standard InChI is InChI=1S/C7H11NO5.CH4/c1-4(9)8-5(7(12)13)2-3-6(10)11;/h5H,2-3H2,1H3,(H,8,9)(H,10,11)(H,12,13);1H4/p-2. The molecule has 6 nitrogen and oxygen atoms in total. The maximum absolute atomic E-state index is 10.4. The number of aliphatic carboxylic acids is 2. The van der Waals surface area contributed by atoms with Gasteiger partial charge in [0.15, 0.2) is 0 Å². The van der Waals surface area contributed by atoms with Gasteiger partial charge in [0.2, 0.25) is 5.91 Å². The van der Waals surface area contributed by atoms with Gasteiger partial charge in [0.05, 0.1) is 12.0 Å². The van der Waals surface area contributed by atoms with E-state index in [0.29, 0.717) is 0 Å². The van der Waals surface area contributed by atoms with E-state index in [-0.39, 0.29) is 13.8 Å². The van der Waals surface area contributed by atoms with Crippen LogP contribution in [0.5, 0.6) is 0 Å². The average Bonchev–Trinajstić information content (AvgIpc) is 1.96. The van der Waals surface area contributed by atoms with E-state index in [1.165, 1.54) is 0 Å². The van der Waals surface area contributed by atoms with Crippen LogP contribution in [0.2, 0.25) is 0 Å². The molecule has 0 rings (SSSR count). The van der Waals surface area contributed by atoms with Crippen LogP contribution in [0.3, 0.4) is 0 Å². The molecule has 0 saturated carbocycles. The number of amides is 1. The summed E-state index contributed by atoms with van der Waals surface area (Å²) in [6.45, 7) is 1.13. The highest BCUT2D eigenvalue weighted by Crippen LogP contribution is 1.95. The van der Waals surface area contributed by atoms with Crippen molar-refractivity contribution in [1.29, 1.82) is 0 Å². The van der Waals surface area contributed by atoms with Crippen LogP contribution in [0.25, 0.3) is 0 Å². The molecule has 0 aromatic rings. The van der Waals surface area contributed by atoms with Crippen molar-refractivity contribution in [3.05, 3.63) is 0 Å². The number of rotatable bonds is 5. The van der Waals surface area contributed by atoms with E-state index in [1.807, 2.05) is 5.32 Å². The molecule has 0 saturated heterocycles. The van der Waals surface area contributed by atoms with Crippen molar-refractivity contribution >= 4 is 17.8 Å². The Morgan fingerprint density at radius 1 is 1.29 bits per heavy atom. The molecule has 0 fully saturated rings. The molecular formula is C8H13NO5-2. The molecule has 1 N–H and O–H groups in total. The van der Waals surface area contributed by atoms with Gasteiger partial charge in [0, 0.05) is 12.9 Å². The summed E-state index contributed by atoms with van der Waals surface area (Å²) in [7, 11) is 0. The van der Waals surface area contributed by atoms with Crippen molar-refractivity contribution in [2.24, 2.45) is 0 Å². The summed E-state index contributed by atoms with van der Waals surface area (Å²) >= 11 is 0. The van der Waals surface area contributed by atoms with Crippen LogP contribution in [0, 0.1) is 0 Å². The predicted molar refractivity (Wildman–Crippen MR) is 43.6 cm³/mol. The topological polar surface area (TPSA) is 109 Å². The number of hydrogen-bond donors (Lipinski definition) is 1. The quantitative estimate of drug-likeness (QED) is 0.527. The Bertz CT molecular complexity index is 226. The van der Waals surface area contributed by atoms with E-state index in [1.54, 1.807) is 0 Å². The second-order valence-corrected chi connectivity index (χ2v) is 2.48. The number of hydrogen-bond acceptors (Lipinski definition) is 5. The normalized spacial score (nSPS) is 10.9. The first-order chi connectivity index (χ1) is 5.93. The highest BCUT2D eigenvalue weighted by molar-refractivity contribution is 5.81. The molecule has 82 valence electrons. The smallest absolute Gasteiger partial charge is 0.217 e. The van der Waals surface area contributed by atoms with Crippen LogP contribution in [0.1, 0.15) is 27.2 Å². The van der Waals surface area contributed by atoms with Crippen LogP contribution in [-0.4, -0.2) is 23.9 Å². The van der Waals surface area contributed by atoms with E-state index in [2.05, 4.69) is 0 Å². The molecule has 0 aromatic heterocycles. The second kappa shape index (κ2) is 6.88. The number of carbonyl (C=O) groups is 3. The third-order valence-corrected chi connectivity index (χ3v) is 1.30. The minimum atomic E-state index is -1.50. The summed E-state index contributed by atoms with van der Waals surface area (Å²) in [5.41, 5.74) is 0. The van der Waals surface area contributed by atoms with Crippen molar-refractivity contribution in [2.45, 2.75) is 33.2 Å². The van der Waals surface area contributed by atoms with E-state index in [4.69, 9.17) is 0 Å². The Labute approximate surface area is 81.9 Å². The summed E-state index contributed by atoms with van der Waals surface area (Å²) in [6.07, 6.45) is -0.664. The number of carboxylic acid groups (broad SMARTS) is 2. The Kier molecular flexibility index (Phi) is 7.32. The van der Waals surface area contributed by atoms with E-state index < -0.39 is 30.3 Å².